The van der Waals surface area contributed by atoms with Gasteiger partial charge in [0.25, 0.3) is 5.91 Å². The normalized spacial score (nSPS) is 10.3. The van der Waals surface area contributed by atoms with E-state index in [1.807, 2.05) is 0 Å². The van der Waals surface area contributed by atoms with E-state index >= 15 is 0 Å². The topological polar surface area (TPSA) is 87.1 Å². The van der Waals surface area contributed by atoms with E-state index in [1.54, 1.807) is 25.1 Å². The molecule has 0 bridgehead atoms. The number of carbonyl (C=O) groups is 1. The summed E-state index contributed by atoms with van der Waals surface area (Å²) in [6, 6.07) is 12.0. The van der Waals surface area contributed by atoms with E-state index in [4.69, 9.17) is 0 Å². The van der Waals surface area contributed by atoms with E-state index in [1.165, 1.54) is 36.7 Å². The molecule has 6 nitrogen and oxygen atoms in total. The number of phenolic OH excluding ortho intramolecular Hbond substituents is 1. The Morgan fingerprint density at radius 3 is 2.48 bits per heavy atom. The Kier molecular flexibility index (Phi) is 4.56. The Morgan fingerprint density at radius 1 is 1.04 bits per heavy atom. The molecule has 0 spiro atoms. The SMILES string of the molecule is Cc1cc(Nc2cc(C(=O)Nc3ccc(F)cc3)ncn2)ccc1O. The standard InChI is InChI=1S/C18H15FN4O2/c1-11-8-14(6-7-16(11)24)22-17-9-15(20-10-21-17)18(25)23-13-4-2-12(19)3-5-13/h2-10,24H,1H3,(H,23,25)(H,20,21,22). The van der Waals surface area contributed by atoms with E-state index in [9.17, 15) is 14.3 Å². The number of carbonyl (C=O) groups excluding carboxylic acids is 1. The number of rotatable bonds is 4. The Hall–Kier alpha value is -3.48. The summed E-state index contributed by atoms with van der Waals surface area (Å²) in [5, 5.41) is 15.2. The van der Waals surface area contributed by atoms with Crippen LogP contribution in [-0.4, -0.2) is 21.0 Å². The first-order chi connectivity index (χ1) is 12.0. The highest BCUT2D eigenvalue weighted by molar-refractivity contribution is 6.03. The van der Waals surface area contributed by atoms with Crippen molar-refractivity contribution in [2.24, 2.45) is 0 Å². The summed E-state index contributed by atoms with van der Waals surface area (Å²) in [5.41, 5.74) is 2.07. The van der Waals surface area contributed by atoms with Crippen LogP contribution in [-0.2, 0) is 0 Å². The molecule has 2 aromatic carbocycles. The third kappa shape index (κ3) is 4.08. The molecule has 7 heteroatoms. The van der Waals surface area contributed by atoms with E-state index in [2.05, 4.69) is 20.6 Å². The molecule has 0 aliphatic carbocycles. The van der Waals surface area contributed by atoms with Crippen molar-refractivity contribution in [1.29, 1.82) is 0 Å². The minimum absolute atomic E-state index is 0.164. The van der Waals surface area contributed by atoms with Gasteiger partial charge < -0.3 is 15.7 Å². The second-order valence-corrected chi connectivity index (χ2v) is 5.38. The van der Waals surface area contributed by atoms with Crippen molar-refractivity contribution >= 4 is 23.1 Å². The van der Waals surface area contributed by atoms with Gasteiger partial charge in [0.1, 0.15) is 29.4 Å². The highest BCUT2D eigenvalue weighted by Crippen LogP contribution is 2.22. The number of aromatic nitrogens is 2. The second kappa shape index (κ2) is 6.96. The molecule has 0 radical (unpaired) electrons. The smallest absolute Gasteiger partial charge is 0.274 e. The van der Waals surface area contributed by atoms with Crippen LogP contribution in [0.25, 0.3) is 0 Å². The number of benzene rings is 2. The van der Waals surface area contributed by atoms with Crippen LogP contribution in [0.3, 0.4) is 0 Å². The first-order valence-electron chi connectivity index (χ1n) is 7.47. The Morgan fingerprint density at radius 2 is 1.76 bits per heavy atom. The van der Waals surface area contributed by atoms with Crippen molar-refractivity contribution in [3.05, 3.63) is 71.9 Å². The Balaban J connectivity index is 1.75. The Labute approximate surface area is 143 Å². The van der Waals surface area contributed by atoms with Crippen LogP contribution in [0, 0.1) is 12.7 Å². The van der Waals surface area contributed by atoms with Crippen molar-refractivity contribution in [3.63, 3.8) is 0 Å². The van der Waals surface area contributed by atoms with Gasteiger partial charge in [0.15, 0.2) is 0 Å². The average molecular weight is 338 g/mol. The molecule has 1 amide bonds. The van der Waals surface area contributed by atoms with Gasteiger partial charge in [0.2, 0.25) is 0 Å². The summed E-state index contributed by atoms with van der Waals surface area (Å²) < 4.78 is 12.9. The molecular formula is C18H15FN4O2. The molecule has 0 aliphatic rings. The molecule has 3 N–H and O–H groups in total. The van der Waals surface area contributed by atoms with Crippen LogP contribution in [0.1, 0.15) is 16.1 Å². The van der Waals surface area contributed by atoms with E-state index in [0.717, 1.165) is 5.69 Å². The molecule has 25 heavy (non-hydrogen) atoms. The number of aryl methyl sites for hydroxylation is 1. The number of anilines is 3. The molecule has 0 atom stereocenters. The molecule has 3 rings (SSSR count). The number of nitrogens with zero attached hydrogens (tertiary/aromatic N) is 2. The van der Waals surface area contributed by atoms with Gasteiger partial charge in [-0.3, -0.25) is 4.79 Å². The number of nitrogens with one attached hydrogen (secondary N) is 2. The van der Waals surface area contributed by atoms with Crippen LogP contribution in [0.15, 0.2) is 54.9 Å². The van der Waals surface area contributed by atoms with Crippen molar-refractivity contribution in [2.45, 2.75) is 6.92 Å². The summed E-state index contributed by atoms with van der Waals surface area (Å²) in [6.45, 7) is 1.78. The number of halogens is 1. The number of aromatic hydroxyl groups is 1. The molecular weight excluding hydrogens is 323 g/mol. The van der Waals surface area contributed by atoms with Crippen molar-refractivity contribution < 1.29 is 14.3 Å². The lowest BCUT2D eigenvalue weighted by Crippen LogP contribution is -2.14. The van der Waals surface area contributed by atoms with Gasteiger partial charge in [-0.25, -0.2) is 14.4 Å². The maximum atomic E-state index is 12.9. The molecule has 0 saturated heterocycles. The van der Waals surface area contributed by atoms with Gasteiger partial charge >= 0.3 is 0 Å². The predicted molar refractivity (Wildman–Crippen MR) is 92.5 cm³/mol. The van der Waals surface area contributed by atoms with Crippen LogP contribution >= 0.6 is 0 Å². The largest absolute Gasteiger partial charge is 0.508 e. The lowest BCUT2D eigenvalue weighted by Gasteiger charge is -2.09. The van der Waals surface area contributed by atoms with Gasteiger partial charge in [0, 0.05) is 17.4 Å². The monoisotopic (exact) mass is 338 g/mol. The number of amides is 1. The first kappa shape index (κ1) is 16.4. The van der Waals surface area contributed by atoms with Crippen molar-refractivity contribution in [3.8, 4) is 5.75 Å². The van der Waals surface area contributed by atoms with Gasteiger partial charge in [0.05, 0.1) is 0 Å². The molecule has 126 valence electrons. The van der Waals surface area contributed by atoms with Gasteiger partial charge in [-0.15, -0.1) is 0 Å². The summed E-state index contributed by atoms with van der Waals surface area (Å²) in [5.74, 6) is -0.174. The minimum atomic E-state index is -0.432. The van der Waals surface area contributed by atoms with E-state index < -0.39 is 5.91 Å². The number of hydrogen-bond acceptors (Lipinski definition) is 5. The Bertz CT molecular complexity index is 913. The molecule has 3 aromatic rings. The van der Waals surface area contributed by atoms with E-state index in [0.29, 0.717) is 17.1 Å². The average Bonchev–Trinajstić information content (AvgIpc) is 2.60. The maximum Gasteiger partial charge on any atom is 0.274 e. The lowest BCUT2D eigenvalue weighted by molar-refractivity contribution is 0.102. The fourth-order valence-corrected chi connectivity index (χ4v) is 2.16. The van der Waals surface area contributed by atoms with Crippen LogP contribution in [0.5, 0.6) is 5.75 Å². The fourth-order valence-electron chi connectivity index (χ4n) is 2.16. The molecule has 0 unspecified atom stereocenters. The molecule has 0 aliphatic heterocycles. The van der Waals surface area contributed by atoms with Gasteiger partial charge in [-0.1, -0.05) is 0 Å². The number of hydrogen-bond donors (Lipinski definition) is 3. The van der Waals surface area contributed by atoms with Crippen LogP contribution < -0.4 is 10.6 Å². The van der Waals surface area contributed by atoms with Gasteiger partial charge in [-0.2, -0.15) is 0 Å². The van der Waals surface area contributed by atoms with Crippen molar-refractivity contribution in [1.82, 2.24) is 9.97 Å². The predicted octanol–water partition coefficient (Wildman–Crippen LogP) is 3.63. The van der Waals surface area contributed by atoms with Crippen LogP contribution in [0.2, 0.25) is 0 Å². The zero-order valence-electron chi connectivity index (χ0n) is 13.3. The van der Waals surface area contributed by atoms with Crippen LogP contribution in [0.4, 0.5) is 21.6 Å². The summed E-state index contributed by atoms with van der Waals surface area (Å²) >= 11 is 0. The maximum absolute atomic E-state index is 12.9. The molecule has 0 saturated carbocycles. The van der Waals surface area contributed by atoms with Crippen molar-refractivity contribution in [2.75, 3.05) is 10.6 Å². The van der Waals surface area contributed by atoms with Gasteiger partial charge in [-0.05, 0) is 55.0 Å². The third-order valence-corrected chi connectivity index (χ3v) is 3.47. The summed E-state index contributed by atoms with van der Waals surface area (Å²) in [7, 11) is 0. The fraction of sp³-hybridized carbons (Fsp3) is 0.0556. The molecule has 0 fully saturated rings. The molecule has 1 aromatic heterocycles. The minimum Gasteiger partial charge on any atom is -0.508 e. The third-order valence-electron chi connectivity index (χ3n) is 3.47. The zero-order valence-corrected chi connectivity index (χ0v) is 13.3. The summed E-state index contributed by atoms with van der Waals surface area (Å²) in [6.07, 6.45) is 1.27. The highest BCUT2D eigenvalue weighted by Gasteiger charge is 2.10. The number of phenols is 1. The lowest BCUT2D eigenvalue weighted by atomic mass is 10.2. The molecule has 1 heterocycles. The second-order valence-electron chi connectivity index (χ2n) is 5.38. The van der Waals surface area contributed by atoms with E-state index in [-0.39, 0.29) is 17.3 Å². The highest BCUT2D eigenvalue weighted by atomic mass is 19.1. The zero-order chi connectivity index (χ0) is 17.8. The summed E-state index contributed by atoms with van der Waals surface area (Å²) in [4.78, 5) is 20.3. The first-order valence-corrected chi connectivity index (χ1v) is 7.47. The quantitative estimate of drug-likeness (QED) is 0.632.